The number of methoxy groups -OCH3 is 1. The van der Waals surface area contributed by atoms with Gasteiger partial charge in [-0.15, -0.1) is 0 Å². The summed E-state index contributed by atoms with van der Waals surface area (Å²) < 4.78 is 20.3. The van der Waals surface area contributed by atoms with Crippen molar-refractivity contribution in [1.29, 1.82) is 0 Å². The lowest BCUT2D eigenvalue weighted by Crippen LogP contribution is -2.43. The van der Waals surface area contributed by atoms with E-state index < -0.39 is 0 Å². The van der Waals surface area contributed by atoms with Crippen LogP contribution in [0.3, 0.4) is 0 Å². The minimum atomic E-state index is -0.137. The minimum absolute atomic E-state index is 0.0184. The summed E-state index contributed by atoms with van der Waals surface area (Å²) in [6, 6.07) is 11.4. The van der Waals surface area contributed by atoms with Crippen molar-refractivity contribution in [2.24, 2.45) is 45.8 Å². The van der Waals surface area contributed by atoms with E-state index in [1.165, 1.54) is 33.4 Å². The molecule has 0 saturated heterocycles. The van der Waals surface area contributed by atoms with Crippen molar-refractivity contribution >= 4 is 9.03 Å². The fourth-order valence-corrected chi connectivity index (χ4v) is 8.93. The largest absolute Gasteiger partial charge is 0.496 e. The average molecular weight is 705 g/mol. The predicted octanol–water partition coefficient (Wildman–Crippen LogP) is 13.5. The third-order valence-corrected chi connectivity index (χ3v) is 15.6. The average Bonchev–Trinajstić information content (AvgIpc) is 3.75. The normalized spacial score (nSPS) is 23.3. The molecule has 0 bridgehead atoms. The fraction of sp³-hybridized carbons (Fsp3) is 0.696. The second-order valence-corrected chi connectivity index (χ2v) is 20.3. The molecule has 2 aromatic rings. The Labute approximate surface area is 310 Å². The van der Waals surface area contributed by atoms with E-state index in [2.05, 4.69) is 161 Å². The molecule has 0 aliphatic heterocycles. The second kappa shape index (κ2) is 14.2. The molecule has 0 radical (unpaired) electrons. The Balaban J connectivity index is 2.06. The second-order valence-electron chi connectivity index (χ2n) is 19.7. The molecule has 4 heteroatoms. The van der Waals surface area contributed by atoms with Gasteiger partial charge in [0.05, 0.1) is 13.2 Å². The van der Waals surface area contributed by atoms with Gasteiger partial charge in [0.25, 0.3) is 0 Å². The Morgan fingerprint density at radius 1 is 0.700 bits per heavy atom. The summed E-state index contributed by atoms with van der Waals surface area (Å²) in [5, 5.41) is 0. The van der Waals surface area contributed by atoms with E-state index in [9.17, 15) is 0 Å². The number of ether oxygens (including phenoxy) is 1. The zero-order valence-corrected chi connectivity index (χ0v) is 36.4. The molecule has 5 atom stereocenters. The molecule has 4 rings (SSSR count). The van der Waals surface area contributed by atoms with Crippen LogP contribution in [0.2, 0.25) is 0 Å². The fourth-order valence-electron chi connectivity index (χ4n) is 8.29. The van der Waals surface area contributed by atoms with E-state index in [-0.39, 0.29) is 48.1 Å². The number of benzene rings is 2. The summed E-state index contributed by atoms with van der Waals surface area (Å²) in [6.07, 6.45) is 3.74. The summed E-state index contributed by atoms with van der Waals surface area (Å²) in [5.74, 6) is 4.36. The van der Waals surface area contributed by atoms with Gasteiger partial charge in [-0.1, -0.05) is 135 Å². The molecular formula is C46H73O3P. The monoisotopic (exact) mass is 705 g/mol. The molecule has 2 aliphatic carbocycles. The Bertz CT molecular complexity index is 1530. The van der Waals surface area contributed by atoms with E-state index >= 15 is 0 Å². The molecule has 4 unspecified atom stereocenters. The van der Waals surface area contributed by atoms with E-state index in [1.54, 1.807) is 0 Å². The maximum Gasteiger partial charge on any atom is 0.215 e. The smallest absolute Gasteiger partial charge is 0.215 e. The quantitative estimate of drug-likeness (QED) is 0.145. The van der Waals surface area contributed by atoms with Crippen LogP contribution >= 0.6 is 9.03 Å². The first-order chi connectivity index (χ1) is 22.9. The van der Waals surface area contributed by atoms with Crippen LogP contribution in [0.4, 0.5) is 0 Å². The molecule has 1 saturated carbocycles. The lowest BCUT2D eigenvalue weighted by atomic mass is 9.58. The topological polar surface area (TPSA) is 27.7 Å². The maximum atomic E-state index is 7.23. The van der Waals surface area contributed by atoms with Crippen LogP contribution in [0.1, 0.15) is 151 Å². The molecule has 0 spiro atoms. The zero-order chi connectivity index (χ0) is 37.9. The molecule has 0 amide bonds. The zero-order valence-electron chi connectivity index (χ0n) is 35.4. The highest BCUT2D eigenvalue weighted by Crippen LogP contribution is 2.75. The van der Waals surface area contributed by atoms with E-state index in [1.807, 2.05) is 7.11 Å². The van der Waals surface area contributed by atoms with Gasteiger partial charge in [-0.25, -0.2) is 0 Å². The standard InChI is InChI=1S/C46H73O3P/c1-27(2)42(11,12)33-23-35(40(47-19)36(24-33)43(13,14)28(3)4)39-37-25-46(37,45(17,18)30(7)8)26-38(44(15,16)29(5)6)41(39)49-50-48-34-21-31(9)20-32(10)22-34/h20-24,26-30,37,39,41,50H,25H2,1-19H3/t37?,39-,41?,46?/m1/s1. The lowest BCUT2D eigenvalue weighted by Gasteiger charge is -2.49. The molecule has 280 valence electrons. The first-order valence-corrected chi connectivity index (χ1v) is 20.3. The number of aryl methyl sites for hydroxylation is 2. The van der Waals surface area contributed by atoms with Gasteiger partial charge in [0.15, 0.2) is 0 Å². The summed E-state index contributed by atoms with van der Waals surface area (Å²) >= 11 is 0. The summed E-state index contributed by atoms with van der Waals surface area (Å²) in [4.78, 5) is 0. The van der Waals surface area contributed by atoms with Crippen LogP contribution in [0.5, 0.6) is 11.5 Å². The van der Waals surface area contributed by atoms with Gasteiger partial charge in [-0.3, -0.25) is 0 Å². The molecular weight excluding hydrogens is 631 g/mol. The molecule has 1 fully saturated rings. The number of fused-ring (bicyclic) bond motifs is 1. The van der Waals surface area contributed by atoms with E-state index in [0.29, 0.717) is 29.6 Å². The molecule has 0 aromatic heterocycles. The van der Waals surface area contributed by atoms with Crippen molar-refractivity contribution in [2.75, 3.05) is 7.11 Å². The van der Waals surface area contributed by atoms with Crippen molar-refractivity contribution < 1.29 is 13.8 Å². The van der Waals surface area contributed by atoms with Gasteiger partial charge < -0.3 is 13.8 Å². The van der Waals surface area contributed by atoms with E-state index in [4.69, 9.17) is 13.8 Å². The lowest BCUT2D eigenvalue weighted by molar-refractivity contribution is 0.0861. The van der Waals surface area contributed by atoms with Crippen molar-refractivity contribution in [3.8, 4) is 11.5 Å². The third-order valence-electron chi connectivity index (χ3n) is 14.9. The summed E-state index contributed by atoms with van der Waals surface area (Å²) in [7, 11) is 1.77. The highest BCUT2D eigenvalue weighted by Gasteiger charge is 2.69. The number of rotatable bonds is 14. The van der Waals surface area contributed by atoms with Crippen LogP contribution in [0.15, 0.2) is 42.0 Å². The first-order valence-electron chi connectivity index (χ1n) is 19.5. The number of hydrogen-bond acceptors (Lipinski definition) is 3. The Morgan fingerprint density at radius 2 is 1.24 bits per heavy atom. The van der Waals surface area contributed by atoms with Crippen LogP contribution in [-0.4, -0.2) is 13.2 Å². The van der Waals surface area contributed by atoms with Crippen LogP contribution in [0.25, 0.3) is 0 Å². The highest BCUT2D eigenvalue weighted by molar-refractivity contribution is 7.26. The van der Waals surface area contributed by atoms with Crippen LogP contribution in [0, 0.1) is 59.7 Å². The van der Waals surface area contributed by atoms with Gasteiger partial charge in [-0.2, -0.15) is 0 Å². The molecule has 0 heterocycles. The van der Waals surface area contributed by atoms with Gasteiger partial charge in [0.1, 0.15) is 11.5 Å². The highest BCUT2D eigenvalue weighted by atomic mass is 31.1. The molecule has 50 heavy (non-hydrogen) atoms. The number of hydrogen-bond donors (Lipinski definition) is 0. The maximum absolute atomic E-state index is 7.23. The molecule has 2 aliphatic rings. The Morgan fingerprint density at radius 3 is 1.72 bits per heavy atom. The van der Waals surface area contributed by atoms with Crippen molar-refractivity contribution in [3.05, 3.63) is 69.8 Å². The van der Waals surface area contributed by atoms with Gasteiger partial charge >= 0.3 is 0 Å². The minimum Gasteiger partial charge on any atom is -0.496 e. The first kappa shape index (κ1) is 40.9. The van der Waals surface area contributed by atoms with Gasteiger partial charge in [-0.05, 0) is 111 Å². The Kier molecular flexibility index (Phi) is 11.6. The van der Waals surface area contributed by atoms with Crippen molar-refractivity contribution in [2.45, 2.75) is 154 Å². The van der Waals surface area contributed by atoms with Crippen LogP contribution < -0.4 is 9.26 Å². The molecule has 3 nitrogen and oxygen atoms in total. The molecule has 0 N–H and O–H groups in total. The summed E-state index contributed by atoms with van der Waals surface area (Å²) in [5.41, 5.74) is 7.87. The summed E-state index contributed by atoms with van der Waals surface area (Å²) in [6.45, 7) is 42.8. The van der Waals surface area contributed by atoms with Gasteiger partial charge in [0.2, 0.25) is 9.03 Å². The predicted molar refractivity (Wildman–Crippen MR) is 217 cm³/mol. The van der Waals surface area contributed by atoms with Crippen molar-refractivity contribution in [3.63, 3.8) is 0 Å². The number of allylic oxidation sites excluding steroid dienone is 1. The Hall–Kier alpha value is -1.83. The third kappa shape index (κ3) is 7.10. The van der Waals surface area contributed by atoms with Gasteiger partial charge in [0, 0.05) is 17.0 Å². The van der Waals surface area contributed by atoms with Crippen LogP contribution in [-0.2, 0) is 15.4 Å². The SMILES string of the molecule is COc1c([C@H]2C(OPOc3cc(C)cc(C)c3)C(C(C)(C)C(C)C)=CC3(C(C)(C)C(C)C)CC23)cc(C(C)(C)C(C)C)cc1C(C)(C)C(C)C. The van der Waals surface area contributed by atoms with E-state index in [0.717, 1.165) is 17.9 Å². The molecule has 2 aromatic carbocycles. The van der Waals surface area contributed by atoms with Crippen molar-refractivity contribution in [1.82, 2.24) is 0 Å².